The number of esters is 1. The van der Waals surface area contributed by atoms with Gasteiger partial charge in [0.2, 0.25) is 0 Å². The van der Waals surface area contributed by atoms with Gasteiger partial charge in [-0.15, -0.1) is 11.8 Å². The van der Waals surface area contributed by atoms with Gasteiger partial charge in [0.15, 0.2) is 5.76 Å². The maximum absolute atomic E-state index is 13.5. The second kappa shape index (κ2) is 9.35. The number of nitrogens with zero attached hydrogens (tertiary/aromatic N) is 1. The molecule has 6 nitrogen and oxygen atoms in total. The third kappa shape index (κ3) is 3.88. The van der Waals surface area contributed by atoms with Crippen molar-refractivity contribution in [2.24, 2.45) is 0 Å². The summed E-state index contributed by atoms with van der Waals surface area (Å²) in [6.07, 6.45) is 0. The van der Waals surface area contributed by atoms with Gasteiger partial charge in [0.1, 0.15) is 11.0 Å². The van der Waals surface area contributed by atoms with E-state index in [0.717, 1.165) is 21.6 Å². The van der Waals surface area contributed by atoms with Gasteiger partial charge in [-0.25, -0.2) is 0 Å². The first-order chi connectivity index (χ1) is 17.0. The van der Waals surface area contributed by atoms with Crippen molar-refractivity contribution in [3.05, 3.63) is 107 Å². The van der Waals surface area contributed by atoms with Crippen LogP contribution in [0.15, 0.2) is 96.3 Å². The number of carbonyl (C=O) groups is 2. The molecule has 1 N–H and O–H groups in total. The molecular formula is C28H23NO5S. The molecule has 0 aromatic heterocycles. The van der Waals surface area contributed by atoms with E-state index in [2.05, 4.69) is 0 Å². The lowest BCUT2D eigenvalue weighted by atomic mass is 9.88. The van der Waals surface area contributed by atoms with E-state index in [4.69, 9.17) is 9.47 Å². The van der Waals surface area contributed by atoms with Crippen molar-refractivity contribution >= 4 is 39.8 Å². The Labute approximate surface area is 207 Å². The SMILES string of the molecule is COC(=O)C1SC(c2ccccc2)=C(c2ccccc2)C2C1=C(O)C(=O)N2c1ccc(OC)cc1. The fraction of sp³-hybridized carbons (Fsp3) is 0.143. The highest BCUT2D eigenvalue weighted by atomic mass is 32.2. The third-order valence-corrected chi connectivity index (χ3v) is 7.54. The first kappa shape index (κ1) is 22.8. The topological polar surface area (TPSA) is 76.1 Å². The van der Waals surface area contributed by atoms with E-state index in [-0.39, 0.29) is 0 Å². The molecule has 0 aliphatic carbocycles. The van der Waals surface area contributed by atoms with Crippen molar-refractivity contribution in [1.29, 1.82) is 0 Å². The number of thioether (sulfide) groups is 1. The van der Waals surface area contributed by atoms with E-state index in [1.165, 1.54) is 18.9 Å². The van der Waals surface area contributed by atoms with Crippen LogP contribution in [0, 0.1) is 0 Å². The van der Waals surface area contributed by atoms with Gasteiger partial charge in [-0.2, -0.15) is 0 Å². The van der Waals surface area contributed by atoms with Crippen LogP contribution < -0.4 is 9.64 Å². The zero-order chi connectivity index (χ0) is 24.5. The Morgan fingerprint density at radius 3 is 2.06 bits per heavy atom. The van der Waals surface area contributed by atoms with Crippen molar-refractivity contribution in [1.82, 2.24) is 0 Å². The number of anilines is 1. The highest BCUT2D eigenvalue weighted by molar-refractivity contribution is 8.10. The fourth-order valence-electron chi connectivity index (χ4n) is 4.56. The molecule has 5 rings (SSSR count). The standard InChI is InChI=1S/C28H23NO5S/c1-33-20-15-13-19(14-16-20)29-23-21(17-9-5-3-6-10-17)25(18-11-7-4-8-12-18)35-26(28(32)34-2)22(23)24(30)27(29)31/h3-16,23,26,30H,1-2H3. The molecule has 176 valence electrons. The molecule has 3 aromatic rings. The molecular weight excluding hydrogens is 462 g/mol. The maximum atomic E-state index is 13.5. The number of amides is 1. The van der Waals surface area contributed by atoms with Crippen LogP contribution in [0.4, 0.5) is 5.69 Å². The number of aliphatic hydroxyl groups excluding tert-OH is 1. The molecule has 2 aliphatic heterocycles. The van der Waals surface area contributed by atoms with Crippen LogP contribution in [-0.4, -0.2) is 42.5 Å². The summed E-state index contributed by atoms with van der Waals surface area (Å²) < 4.78 is 10.4. The summed E-state index contributed by atoms with van der Waals surface area (Å²) in [5.74, 6) is -0.860. The number of carbonyl (C=O) groups excluding carboxylic acids is 2. The van der Waals surface area contributed by atoms with E-state index < -0.39 is 28.9 Å². The molecule has 7 heteroatoms. The molecule has 2 aliphatic rings. The summed E-state index contributed by atoms with van der Waals surface area (Å²) in [5.41, 5.74) is 3.56. The minimum Gasteiger partial charge on any atom is -0.503 e. The minimum atomic E-state index is -0.875. The minimum absolute atomic E-state index is 0.334. The van der Waals surface area contributed by atoms with Crippen LogP contribution in [0.5, 0.6) is 5.75 Å². The van der Waals surface area contributed by atoms with Crippen LogP contribution >= 0.6 is 11.8 Å². The molecule has 0 saturated heterocycles. The van der Waals surface area contributed by atoms with Gasteiger partial charge in [0.05, 0.1) is 20.3 Å². The third-order valence-electron chi connectivity index (χ3n) is 6.17. The number of hydrogen-bond donors (Lipinski definition) is 1. The van der Waals surface area contributed by atoms with Gasteiger partial charge in [-0.1, -0.05) is 60.7 Å². The lowest BCUT2D eigenvalue weighted by molar-refractivity contribution is -0.139. The van der Waals surface area contributed by atoms with Gasteiger partial charge in [-0.3, -0.25) is 14.5 Å². The monoisotopic (exact) mass is 485 g/mol. The van der Waals surface area contributed by atoms with Crippen LogP contribution in [0.25, 0.3) is 10.5 Å². The number of fused-ring (bicyclic) bond motifs is 1. The summed E-state index contributed by atoms with van der Waals surface area (Å²) in [6, 6.07) is 25.8. The Hall–Kier alpha value is -3.97. The molecule has 2 unspecified atom stereocenters. The average molecular weight is 486 g/mol. The highest BCUT2D eigenvalue weighted by Gasteiger charge is 2.51. The Morgan fingerprint density at radius 2 is 1.49 bits per heavy atom. The molecule has 0 fully saturated rings. The largest absolute Gasteiger partial charge is 0.503 e. The summed E-state index contributed by atoms with van der Waals surface area (Å²) in [5, 5.41) is 10.2. The second-order valence-electron chi connectivity index (χ2n) is 8.08. The Morgan fingerprint density at radius 1 is 0.886 bits per heavy atom. The average Bonchev–Trinajstić information content (AvgIpc) is 3.18. The quantitative estimate of drug-likeness (QED) is 0.508. The Kier molecular flexibility index (Phi) is 6.09. The molecule has 0 saturated carbocycles. The zero-order valence-corrected chi connectivity index (χ0v) is 20.0. The van der Waals surface area contributed by atoms with Gasteiger partial charge in [0, 0.05) is 21.7 Å². The predicted octanol–water partition coefficient (Wildman–Crippen LogP) is 5.08. The molecule has 35 heavy (non-hydrogen) atoms. The van der Waals surface area contributed by atoms with Gasteiger partial charge in [-0.05, 0) is 35.4 Å². The molecule has 0 radical (unpaired) electrons. The van der Waals surface area contributed by atoms with Crippen molar-refractivity contribution in [2.75, 3.05) is 19.1 Å². The van der Waals surface area contributed by atoms with Gasteiger partial charge in [0.25, 0.3) is 5.91 Å². The van der Waals surface area contributed by atoms with Gasteiger partial charge < -0.3 is 14.6 Å². The van der Waals surface area contributed by atoms with Crippen LogP contribution in [0.1, 0.15) is 11.1 Å². The Bertz CT molecular complexity index is 1330. The lowest BCUT2D eigenvalue weighted by Crippen LogP contribution is -2.41. The van der Waals surface area contributed by atoms with E-state index in [9.17, 15) is 14.7 Å². The first-order valence-corrected chi connectivity index (χ1v) is 11.9. The van der Waals surface area contributed by atoms with Crippen molar-refractivity contribution < 1.29 is 24.2 Å². The smallest absolute Gasteiger partial charge is 0.323 e. The van der Waals surface area contributed by atoms with Crippen molar-refractivity contribution in [3.8, 4) is 5.75 Å². The molecule has 0 bridgehead atoms. The summed E-state index contributed by atoms with van der Waals surface area (Å²) in [7, 11) is 2.88. The number of ether oxygens (including phenoxy) is 2. The Balaban J connectivity index is 1.80. The summed E-state index contributed by atoms with van der Waals surface area (Å²) >= 11 is 1.29. The van der Waals surface area contributed by atoms with Crippen molar-refractivity contribution in [2.45, 2.75) is 11.3 Å². The number of benzene rings is 3. The van der Waals surface area contributed by atoms with Gasteiger partial charge >= 0.3 is 5.97 Å². The number of aliphatic hydroxyl groups is 1. The molecule has 2 atom stereocenters. The molecule has 2 heterocycles. The van der Waals surface area contributed by atoms with E-state index in [1.807, 2.05) is 60.7 Å². The lowest BCUT2D eigenvalue weighted by Gasteiger charge is -2.36. The maximum Gasteiger partial charge on any atom is 0.323 e. The highest BCUT2D eigenvalue weighted by Crippen LogP contribution is 2.53. The van der Waals surface area contributed by atoms with E-state index >= 15 is 0 Å². The second-order valence-corrected chi connectivity index (χ2v) is 9.19. The predicted molar refractivity (Wildman–Crippen MR) is 137 cm³/mol. The summed E-state index contributed by atoms with van der Waals surface area (Å²) in [6.45, 7) is 0. The zero-order valence-electron chi connectivity index (χ0n) is 19.2. The fourth-order valence-corrected chi connectivity index (χ4v) is 5.98. The number of rotatable bonds is 5. The number of methoxy groups -OCH3 is 2. The normalized spacial score (nSPS) is 19.6. The van der Waals surface area contributed by atoms with E-state index in [0.29, 0.717) is 17.0 Å². The van der Waals surface area contributed by atoms with Crippen molar-refractivity contribution in [3.63, 3.8) is 0 Å². The summed E-state index contributed by atoms with van der Waals surface area (Å²) in [4.78, 5) is 28.9. The number of hydrogen-bond acceptors (Lipinski definition) is 6. The van der Waals surface area contributed by atoms with Crippen LogP contribution in [0.2, 0.25) is 0 Å². The molecule has 1 amide bonds. The van der Waals surface area contributed by atoms with Crippen LogP contribution in [-0.2, 0) is 14.3 Å². The molecule has 0 spiro atoms. The molecule has 3 aromatic carbocycles. The van der Waals surface area contributed by atoms with E-state index in [1.54, 1.807) is 36.3 Å². The first-order valence-electron chi connectivity index (χ1n) is 11.0. The van der Waals surface area contributed by atoms with Crippen LogP contribution in [0.3, 0.4) is 0 Å².